The van der Waals surface area contributed by atoms with Crippen LogP contribution in [0.2, 0.25) is 0 Å². The van der Waals surface area contributed by atoms with Crippen molar-refractivity contribution in [2.45, 2.75) is 37.6 Å². The fourth-order valence-corrected chi connectivity index (χ4v) is 5.89. The third-order valence-electron chi connectivity index (χ3n) is 5.75. The molecule has 0 spiro atoms. The van der Waals surface area contributed by atoms with Crippen LogP contribution in [0.5, 0.6) is 11.6 Å². The highest BCUT2D eigenvalue weighted by atomic mass is 32.2. The van der Waals surface area contributed by atoms with Crippen LogP contribution >= 0.6 is 11.3 Å². The fourth-order valence-electron chi connectivity index (χ4n) is 3.84. The molecule has 3 heterocycles. The Kier molecular flexibility index (Phi) is 7.64. The van der Waals surface area contributed by atoms with E-state index in [0.29, 0.717) is 5.92 Å². The number of phenolic OH excluding ortho intramolecular Hbond substituents is 1. The molecule has 182 valence electrons. The van der Waals surface area contributed by atoms with Gasteiger partial charge in [-0.15, -0.1) is 0 Å². The molecule has 11 heteroatoms. The number of aromatic hydroxyl groups is 1. The third kappa shape index (κ3) is 5.48. The van der Waals surface area contributed by atoms with Gasteiger partial charge in [0.1, 0.15) is 10.6 Å². The van der Waals surface area contributed by atoms with Crippen LogP contribution in [0.3, 0.4) is 0 Å². The number of aromatic nitrogens is 2. The number of nitrogens with zero attached hydrogens (tertiary/aromatic N) is 2. The van der Waals surface area contributed by atoms with Crippen molar-refractivity contribution in [2.75, 3.05) is 30.4 Å². The van der Waals surface area contributed by atoms with E-state index >= 15 is 0 Å². The van der Waals surface area contributed by atoms with Crippen LogP contribution in [0, 0.1) is 18.7 Å². The molecule has 1 aliphatic heterocycles. The molecule has 0 aliphatic carbocycles. The monoisotopic (exact) mass is 506 g/mol. The Morgan fingerprint density at radius 3 is 2.79 bits per heavy atom. The number of methoxy groups -OCH3 is 1. The zero-order valence-electron chi connectivity index (χ0n) is 19.1. The molecule has 1 aliphatic rings. The lowest BCUT2D eigenvalue weighted by atomic mass is 9.93. The lowest BCUT2D eigenvalue weighted by molar-refractivity contribution is 0.0622. The average molecular weight is 507 g/mol. The SMILES string of the molecule is COc1ncc(-c2sc(NC(C)C3CCOCC3)nc2C)cc1S(=O)Nc1ccc(O)cc1F. The summed E-state index contributed by atoms with van der Waals surface area (Å²) in [6.45, 7) is 5.66. The molecule has 0 amide bonds. The molecule has 8 nitrogen and oxygen atoms in total. The topological polar surface area (TPSA) is 106 Å². The van der Waals surface area contributed by atoms with Gasteiger partial charge in [-0.2, -0.15) is 0 Å². The number of hydrogen-bond acceptors (Lipinski definition) is 8. The van der Waals surface area contributed by atoms with Crippen molar-refractivity contribution in [3.05, 3.63) is 42.0 Å². The van der Waals surface area contributed by atoms with Gasteiger partial charge in [0.05, 0.1) is 23.4 Å². The van der Waals surface area contributed by atoms with Crippen LogP contribution in [0.15, 0.2) is 35.4 Å². The Morgan fingerprint density at radius 2 is 2.09 bits per heavy atom. The maximum atomic E-state index is 14.1. The van der Waals surface area contributed by atoms with E-state index in [-0.39, 0.29) is 28.3 Å². The van der Waals surface area contributed by atoms with E-state index in [2.05, 4.69) is 26.9 Å². The Hall–Kier alpha value is -2.76. The number of pyridine rings is 1. The number of anilines is 2. The summed E-state index contributed by atoms with van der Waals surface area (Å²) in [6, 6.07) is 5.55. The summed E-state index contributed by atoms with van der Waals surface area (Å²) in [6.07, 6.45) is 3.70. The number of benzene rings is 1. The van der Waals surface area contributed by atoms with Gasteiger partial charge < -0.3 is 19.9 Å². The second-order valence-electron chi connectivity index (χ2n) is 8.08. The van der Waals surface area contributed by atoms with Crippen molar-refractivity contribution >= 4 is 33.1 Å². The first-order valence-electron chi connectivity index (χ1n) is 10.9. The first-order valence-corrected chi connectivity index (χ1v) is 12.9. The van der Waals surface area contributed by atoms with Gasteiger partial charge in [0, 0.05) is 37.1 Å². The van der Waals surface area contributed by atoms with E-state index in [0.717, 1.165) is 53.4 Å². The average Bonchev–Trinajstić information content (AvgIpc) is 3.20. The molecular formula is C23H27FN4O4S2. The number of nitrogens with one attached hydrogen (secondary N) is 2. The molecule has 1 aromatic carbocycles. The van der Waals surface area contributed by atoms with Crippen molar-refractivity contribution in [3.8, 4) is 22.1 Å². The molecule has 2 aromatic heterocycles. The smallest absolute Gasteiger partial charge is 0.231 e. The first kappa shape index (κ1) is 24.4. The zero-order chi connectivity index (χ0) is 24.2. The highest BCUT2D eigenvalue weighted by Crippen LogP contribution is 2.36. The van der Waals surface area contributed by atoms with Crippen molar-refractivity contribution in [3.63, 3.8) is 0 Å². The van der Waals surface area contributed by atoms with Crippen LogP contribution in [0.25, 0.3) is 10.4 Å². The number of ether oxygens (including phenoxy) is 2. The largest absolute Gasteiger partial charge is 0.508 e. The van der Waals surface area contributed by atoms with Gasteiger partial charge in [-0.25, -0.2) is 18.6 Å². The van der Waals surface area contributed by atoms with Crippen LogP contribution in [0.1, 0.15) is 25.5 Å². The minimum absolute atomic E-state index is 0.00820. The molecule has 2 unspecified atom stereocenters. The van der Waals surface area contributed by atoms with Crippen molar-refractivity contribution in [1.82, 2.24) is 9.97 Å². The van der Waals surface area contributed by atoms with Crippen molar-refractivity contribution < 1.29 is 23.2 Å². The number of halogens is 1. The molecule has 0 radical (unpaired) electrons. The van der Waals surface area contributed by atoms with Crippen LogP contribution in [0.4, 0.5) is 15.2 Å². The Bertz CT molecular complexity index is 1180. The summed E-state index contributed by atoms with van der Waals surface area (Å²) in [5.74, 6) is -0.234. The zero-order valence-corrected chi connectivity index (χ0v) is 20.8. The number of aryl methyl sites for hydroxylation is 1. The number of hydrogen-bond donors (Lipinski definition) is 3. The van der Waals surface area contributed by atoms with Gasteiger partial charge in [0.25, 0.3) is 0 Å². The standard InChI is InChI=1S/C23H27FN4O4S2/c1-13(15-6-8-32-9-7-15)26-23-27-14(2)21(33-23)16-10-20(22(31-3)25-12-16)34(30)28-19-5-4-17(29)11-18(19)24/h4-5,10-13,15,28-29H,6-9H2,1-3H3,(H,26,27). The predicted molar refractivity (Wildman–Crippen MR) is 131 cm³/mol. The Labute approximate surface area is 204 Å². The van der Waals surface area contributed by atoms with Crippen molar-refractivity contribution in [2.24, 2.45) is 5.92 Å². The lowest BCUT2D eigenvalue weighted by Crippen LogP contribution is -2.30. The molecule has 4 rings (SSSR count). The van der Waals surface area contributed by atoms with Crippen LogP contribution < -0.4 is 14.8 Å². The Morgan fingerprint density at radius 1 is 1.32 bits per heavy atom. The third-order valence-corrected chi connectivity index (χ3v) is 7.98. The molecule has 34 heavy (non-hydrogen) atoms. The lowest BCUT2D eigenvalue weighted by Gasteiger charge is -2.28. The summed E-state index contributed by atoms with van der Waals surface area (Å²) >= 11 is 1.51. The summed E-state index contributed by atoms with van der Waals surface area (Å²) in [5.41, 5.74) is 1.55. The summed E-state index contributed by atoms with van der Waals surface area (Å²) in [5, 5.41) is 13.7. The van der Waals surface area contributed by atoms with E-state index in [4.69, 9.17) is 9.47 Å². The van der Waals surface area contributed by atoms with E-state index in [1.807, 2.05) is 6.92 Å². The second kappa shape index (κ2) is 10.7. The van der Waals surface area contributed by atoms with E-state index in [1.54, 1.807) is 12.3 Å². The minimum Gasteiger partial charge on any atom is -0.508 e. The maximum Gasteiger partial charge on any atom is 0.231 e. The summed E-state index contributed by atoms with van der Waals surface area (Å²) < 4.78 is 40.5. The number of thiazole rings is 1. The quantitative estimate of drug-likeness (QED) is 0.379. The second-order valence-corrected chi connectivity index (χ2v) is 10.3. The van der Waals surface area contributed by atoms with Gasteiger partial charge in [-0.3, -0.25) is 4.72 Å². The number of rotatable bonds is 8. The van der Waals surface area contributed by atoms with Crippen LogP contribution in [-0.4, -0.2) is 45.6 Å². The van der Waals surface area contributed by atoms with E-state index in [9.17, 15) is 13.7 Å². The van der Waals surface area contributed by atoms with Crippen LogP contribution in [-0.2, 0) is 15.7 Å². The highest BCUT2D eigenvalue weighted by molar-refractivity contribution is 7.86. The molecule has 2 atom stereocenters. The molecule has 3 aromatic rings. The number of phenols is 1. The first-order chi connectivity index (χ1) is 16.4. The highest BCUT2D eigenvalue weighted by Gasteiger charge is 2.23. The Balaban J connectivity index is 1.56. The van der Waals surface area contributed by atoms with Gasteiger partial charge in [-0.05, 0) is 50.8 Å². The summed E-state index contributed by atoms with van der Waals surface area (Å²) in [7, 11) is -0.429. The molecule has 0 bridgehead atoms. The van der Waals surface area contributed by atoms with Gasteiger partial charge in [-0.1, -0.05) is 11.3 Å². The molecule has 3 N–H and O–H groups in total. The normalized spacial score (nSPS) is 16.1. The minimum atomic E-state index is -1.86. The molecule has 1 saturated heterocycles. The van der Waals surface area contributed by atoms with Gasteiger partial charge in [0.2, 0.25) is 5.88 Å². The predicted octanol–water partition coefficient (Wildman–Crippen LogP) is 4.73. The molecule has 1 fully saturated rings. The maximum absolute atomic E-state index is 14.1. The summed E-state index contributed by atoms with van der Waals surface area (Å²) in [4.78, 5) is 10.2. The van der Waals surface area contributed by atoms with Gasteiger partial charge >= 0.3 is 0 Å². The van der Waals surface area contributed by atoms with E-state index in [1.165, 1.54) is 30.6 Å². The van der Waals surface area contributed by atoms with E-state index < -0.39 is 16.8 Å². The molecular weight excluding hydrogens is 479 g/mol. The fraction of sp³-hybridized carbons (Fsp3) is 0.391. The molecule has 0 saturated carbocycles. The van der Waals surface area contributed by atoms with Gasteiger partial charge in [0.15, 0.2) is 21.9 Å². The van der Waals surface area contributed by atoms with Crippen molar-refractivity contribution in [1.29, 1.82) is 0 Å².